The second kappa shape index (κ2) is 4.51. The van der Waals surface area contributed by atoms with Crippen molar-refractivity contribution in [3.8, 4) is 16.9 Å². The van der Waals surface area contributed by atoms with Gasteiger partial charge < -0.3 is 16.2 Å². The van der Waals surface area contributed by atoms with Gasteiger partial charge in [0.2, 0.25) is 0 Å². The van der Waals surface area contributed by atoms with Gasteiger partial charge in [0.25, 0.3) is 0 Å². The molecule has 0 fully saturated rings. The van der Waals surface area contributed by atoms with Crippen LogP contribution in [0.1, 0.15) is 5.56 Å². The predicted molar refractivity (Wildman–Crippen MR) is 71.2 cm³/mol. The number of hydrogen-bond donors (Lipinski definition) is 2. The van der Waals surface area contributed by atoms with Crippen LogP contribution in [0.15, 0.2) is 30.6 Å². The zero-order valence-corrected chi connectivity index (χ0v) is 10.3. The Bertz CT molecular complexity index is 630. The van der Waals surface area contributed by atoms with E-state index in [-0.39, 0.29) is 11.9 Å². The lowest BCUT2D eigenvalue weighted by molar-refractivity contribution is 0.232. The number of ether oxygens (including phenoxy) is 1. The van der Waals surface area contributed by atoms with E-state index in [1.807, 2.05) is 6.07 Å². The van der Waals surface area contributed by atoms with Crippen molar-refractivity contribution in [2.45, 2.75) is 12.5 Å². The molecule has 1 aromatic carbocycles. The molecule has 0 saturated carbocycles. The summed E-state index contributed by atoms with van der Waals surface area (Å²) in [7, 11) is 0. The van der Waals surface area contributed by atoms with Gasteiger partial charge in [0, 0.05) is 42.2 Å². The van der Waals surface area contributed by atoms with E-state index < -0.39 is 0 Å². The van der Waals surface area contributed by atoms with Gasteiger partial charge in [-0.15, -0.1) is 0 Å². The number of rotatable bonds is 2. The Morgan fingerprint density at radius 3 is 3.00 bits per heavy atom. The largest absolute Gasteiger partial charge is 0.485 e. The van der Waals surface area contributed by atoms with Gasteiger partial charge in [-0.2, -0.15) is 0 Å². The maximum absolute atomic E-state index is 14.1. The van der Waals surface area contributed by atoms with Gasteiger partial charge in [-0.1, -0.05) is 0 Å². The van der Waals surface area contributed by atoms with Crippen LogP contribution in [0.4, 0.5) is 10.1 Å². The van der Waals surface area contributed by atoms with Crippen molar-refractivity contribution in [3.63, 3.8) is 0 Å². The highest BCUT2D eigenvalue weighted by Crippen LogP contribution is 2.36. The molecule has 0 unspecified atom stereocenters. The van der Waals surface area contributed by atoms with E-state index in [1.165, 1.54) is 6.07 Å². The Morgan fingerprint density at radius 1 is 1.42 bits per heavy atom. The second-order valence-electron chi connectivity index (χ2n) is 4.59. The zero-order chi connectivity index (χ0) is 13.4. The normalized spacial score (nSPS) is 17.1. The van der Waals surface area contributed by atoms with Crippen molar-refractivity contribution in [2.75, 3.05) is 12.3 Å². The molecular weight excluding hydrogens is 245 g/mol. The number of aromatic nitrogens is 1. The van der Waals surface area contributed by atoms with E-state index in [4.69, 9.17) is 16.2 Å². The zero-order valence-electron chi connectivity index (χ0n) is 10.3. The molecule has 4 nitrogen and oxygen atoms in total. The number of hydrogen-bond acceptors (Lipinski definition) is 4. The first-order chi connectivity index (χ1) is 9.19. The molecule has 0 aliphatic carbocycles. The van der Waals surface area contributed by atoms with Crippen molar-refractivity contribution in [1.29, 1.82) is 0 Å². The van der Waals surface area contributed by atoms with Crippen LogP contribution < -0.4 is 16.2 Å². The van der Waals surface area contributed by atoms with Crippen LogP contribution in [0.5, 0.6) is 5.75 Å². The van der Waals surface area contributed by atoms with Crippen LogP contribution in [0.3, 0.4) is 0 Å². The Labute approximate surface area is 110 Å². The Hall–Kier alpha value is -2.14. The van der Waals surface area contributed by atoms with E-state index in [2.05, 4.69) is 4.98 Å². The second-order valence-corrected chi connectivity index (χ2v) is 4.59. The van der Waals surface area contributed by atoms with Crippen LogP contribution in [0.2, 0.25) is 0 Å². The maximum Gasteiger partial charge on any atom is 0.165 e. The highest BCUT2D eigenvalue weighted by Gasteiger charge is 2.26. The van der Waals surface area contributed by atoms with Gasteiger partial charge in [0.15, 0.2) is 11.6 Å². The third-order valence-corrected chi connectivity index (χ3v) is 3.28. The first kappa shape index (κ1) is 11.9. The smallest absolute Gasteiger partial charge is 0.165 e. The summed E-state index contributed by atoms with van der Waals surface area (Å²) < 4.78 is 19.5. The van der Waals surface area contributed by atoms with Crippen LogP contribution in [-0.4, -0.2) is 17.6 Å². The van der Waals surface area contributed by atoms with Crippen LogP contribution in [0, 0.1) is 5.82 Å². The van der Waals surface area contributed by atoms with E-state index in [0.717, 1.165) is 11.1 Å². The number of halogens is 1. The number of pyridine rings is 1. The van der Waals surface area contributed by atoms with Crippen molar-refractivity contribution >= 4 is 5.69 Å². The summed E-state index contributed by atoms with van der Waals surface area (Å²) in [5, 5.41) is 0. The highest BCUT2D eigenvalue weighted by atomic mass is 19.1. The monoisotopic (exact) mass is 259 g/mol. The van der Waals surface area contributed by atoms with E-state index in [0.29, 0.717) is 30.0 Å². The Kier molecular flexibility index (Phi) is 2.83. The molecule has 3 rings (SSSR count). The van der Waals surface area contributed by atoms with Gasteiger partial charge in [-0.3, -0.25) is 4.98 Å². The van der Waals surface area contributed by atoms with E-state index in [9.17, 15) is 4.39 Å². The quantitative estimate of drug-likeness (QED) is 0.861. The first-order valence-corrected chi connectivity index (χ1v) is 6.08. The molecule has 1 aromatic heterocycles. The number of fused-ring (bicyclic) bond motifs is 1. The van der Waals surface area contributed by atoms with Crippen molar-refractivity contribution in [2.24, 2.45) is 5.73 Å². The molecule has 1 atom stereocenters. The van der Waals surface area contributed by atoms with E-state index >= 15 is 0 Å². The summed E-state index contributed by atoms with van der Waals surface area (Å²) in [5.41, 5.74) is 14.3. The van der Waals surface area contributed by atoms with Gasteiger partial charge >= 0.3 is 0 Å². The summed E-state index contributed by atoms with van der Waals surface area (Å²) in [6.45, 7) is 0.373. The molecule has 1 aliphatic heterocycles. The minimum Gasteiger partial charge on any atom is -0.485 e. The average Bonchev–Trinajstić information content (AvgIpc) is 2.83. The van der Waals surface area contributed by atoms with Gasteiger partial charge in [-0.25, -0.2) is 4.39 Å². The summed E-state index contributed by atoms with van der Waals surface area (Å²) in [5.74, 6) is -0.0756. The number of nitrogens with zero attached hydrogens (tertiary/aromatic N) is 1. The number of nitrogens with two attached hydrogens (primary N) is 2. The van der Waals surface area contributed by atoms with Crippen molar-refractivity contribution in [3.05, 3.63) is 42.0 Å². The van der Waals surface area contributed by atoms with Gasteiger partial charge in [0.1, 0.15) is 6.10 Å². The maximum atomic E-state index is 14.1. The lowest BCUT2D eigenvalue weighted by atomic mass is 10.0. The van der Waals surface area contributed by atoms with Crippen LogP contribution >= 0.6 is 0 Å². The molecule has 19 heavy (non-hydrogen) atoms. The number of anilines is 1. The van der Waals surface area contributed by atoms with Gasteiger partial charge in [0.05, 0.1) is 0 Å². The molecule has 98 valence electrons. The first-order valence-electron chi connectivity index (χ1n) is 6.08. The third-order valence-electron chi connectivity index (χ3n) is 3.28. The van der Waals surface area contributed by atoms with Crippen LogP contribution in [0.25, 0.3) is 11.1 Å². The lowest BCUT2D eigenvalue weighted by Gasteiger charge is -2.08. The van der Waals surface area contributed by atoms with E-state index in [1.54, 1.807) is 18.5 Å². The molecule has 0 bridgehead atoms. The van der Waals surface area contributed by atoms with Gasteiger partial charge in [-0.05, 0) is 23.8 Å². The minimum absolute atomic E-state index is 0.147. The minimum atomic E-state index is -0.383. The Morgan fingerprint density at radius 2 is 2.26 bits per heavy atom. The number of benzene rings is 1. The Balaban J connectivity index is 2.07. The molecule has 0 amide bonds. The molecule has 4 N–H and O–H groups in total. The molecule has 0 radical (unpaired) electrons. The fourth-order valence-corrected chi connectivity index (χ4v) is 2.32. The highest BCUT2D eigenvalue weighted by molar-refractivity contribution is 5.76. The summed E-state index contributed by atoms with van der Waals surface area (Å²) in [4.78, 5) is 4.02. The third kappa shape index (κ3) is 2.02. The molecule has 2 heterocycles. The standard InChI is InChI=1S/C14H14FN3O/c15-12-5-8(11-7-18-2-1-13(11)17)3-9-4-10(6-16)19-14(9)12/h1-3,5,7,10H,4,6,16H2,(H2,17,18)/t10-/m0/s1. The van der Waals surface area contributed by atoms with Crippen molar-refractivity contribution < 1.29 is 9.13 Å². The average molecular weight is 259 g/mol. The SMILES string of the molecule is NC[C@@H]1Cc2cc(-c3cnccc3N)cc(F)c2O1. The fraction of sp³-hybridized carbons (Fsp3) is 0.214. The molecule has 0 spiro atoms. The number of nitrogen functional groups attached to an aromatic ring is 1. The fourth-order valence-electron chi connectivity index (χ4n) is 2.32. The summed E-state index contributed by atoms with van der Waals surface area (Å²) in [6, 6.07) is 5.01. The molecular formula is C14H14FN3O. The molecule has 1 aliphatic rings. The molecule has 0 saturated heterocycles. The van der Waals surface area contributed by atoms with Crippen molar-refractivity contribution in [1.82, 2.24) is 4.98 Å². The summed E-state index contributed by atoms with van der Waals surface area (Å²) in [6.07, 6.45) is 3.71. The molecule has 5 heteroatoms. The van der Waals surface area contributed by atoms with Crippen LogP contribution in [-0.2, 0) is 6.42 Å². The topological polar surface area (TPSA) is 74.2 Å². The molecule has 2 aromatic rings. The predicted octanol–water partition coefficient (Wildman–Crippen LogP) is 1.73. The lowest BCUT2D eigenvalue weighted by Crippen LogP contribution is -2.24. The summed E-state index contributed by atoms with van der Waals surface area (Å²) >= 11 is 0.